The van der Waals surface area contributed by atoms with Gasteiger partial charge < -0.3 is 15.4 Å². The van der Waals surface area contributed by atoms with E-state index in [-0.39, 0.29) is 24.2 Å². The van der Waals surface area contributed by atoms with Crippen LogP contribution in [-0.4, -0.2) is 38.8 Å². The number of halogens is 3. The van der Waals surface area contributed by atoms with Gasteiger partial charge in [-0.3, -0.25) is 9.20 Å². The summed E-state index contributed by atoms with van der Waals surface area (Å²) in [5.74, 6) is 0.130. The number of benzene rings is 2. The van der Waals surface area contributed by atoms with Crippen LogP contribution in [0, 0.1) is 0 Å². The molecule has 7 nitrogen and oxygen atoms in total. The molecule has 0 fully saturated rings. The van der Waals surface area contributed by atoms with Crippen molar-refractivity contribution in [2.45, 2.75) is 12.2 Å². The summed E-state index contributed by atoms with van der Waals surface area (Å²) in [7, 11) is 1.60. The molecule has 2 N–H and O–H groups in total. The van der Waals surface area contributed by atoms with Crippen molar-refractivity contribution in [2.75, 3.05) is 19.4 Å². The zero-order chi connectivity index (χ0) is 21.9. The molecule has 2 aromatic carbocycles. The number of anilines is 1. The maximum absolute atomic E-state index is 13.2. The fourth-order valence-electron chi connectivity index (χ4n) is 3.86. The van der Waals surface area contributed by atoms with Gasteiger partial charge >= 0.3 is 6.18 Å². The average Bonchev–Trinajstić information content (AvgIpc) is 3.39. The van der Waals surface area contributed by atoms with Crippen LogP contribution >= 0.6 is 0 Å². The van der Waals surface area contributed by atoms with Gasteiger partial charge in [0.1, 0.15) is 18.7 Å². The second kappa shape index (κ2) is 6.59. The summed E-state index contributed by atoms with van der Waals surface area (Å²) in [4.78, 5) is 23.1. The van der Waals surface area contributed by atoms with Gasteiger partial charge in [0.25, 0.3) is 5.91 Å². The van der Waals surface area contributed by atoms with Gasteiger partial charge in [0.15, 0.2) is 0 Å². The number of likely N-dealkylation sites (N-methyl/N-ethyl adjacent to an activating group) is 1. The van der Waals surface area contributed by atoms with Crippen LogP contribution in [0.25, 0.3) is 16.4 Å². The van der Waals surface area contributed by atoms with Gasteiger partial charge in [-0.15, -0.1) is 0 Å². The van der Waals surface area contributed by atoms with Crippen LogP contribution in [0.3, 0.4) is 0 Å². The summed E-state index contributed by atoms with van der Waals surface area (Å²) in [6, 6.07) is 7.89. The van der Waals surface area contributed by atoms with Crippen molar-refractivity contribution in [3.8, 4) is 5.75 Å². The van der Waals surface area contributed by atoms with E-state index in [1.165, 1.54) is 11.0 Å². The van der Waals surface area contributed by atoms with Crippen molar-refractivity contribution in [2.24, 2.45) is 0 Å². The molecule has 158 valence electrons. The van der Waals surface area contributed by atoms with E-state index >= 15 is 0 Å². The van der Waals surface area contributed by atoms with Crippen LogP contribution in [0.4, 0.5) is 19.1 Å². The van der Waals surface area contributed by atoms with Crippen molar-refractivity contribution in [1.82, 2.24) is 19.3 Å². The Hall–Kier alpha value is -3.82. The number of ether oxygens (including phenoxy) is 1. The predicted octanol–water partition coefficient (Wildman–Crippen LogP) is 3.69. The van der Waals surface area contributed by atoms with Crippen LogP contribution < -0.4 is 10.5 Å². The van der Waals surface area contributed by atoms with Crippen molar-refractivity contribution < 1.29 is 22.7 Å². The number of aromatic nitrogens is 3. The molecule has 0 radical (unpaired) electrons. The molecular weight excluding hydrogens is 411 g/mol. The lowest BCUT2D eigenvalue weighted by Crippen LogP contribution is -2.32. The lowest BCUT2D eigenvalue weighted by Gasteiger charge is -2.24. The monoisotopic (exact) mass is 427 g/mol. The molecule has 0 aliphatic carbocycles. The number of imidazole rings is 1. The number of fused-ring (bicyclic) bond motifs is 4. The molecule has 10 heteroatoms. The van der Waals surface area contributed by atoms with E-state index in [4.69, 9.17) is 10.5 Å². The van der Waals surface area contributed by atoms with Crippen molar-refractivity contribution in [1.29, 1.82) is 0 Å². The third-order valence-corrected chi connectivity index (χ3v) is 5.52. The number of hydrogen-bond donors (Lipinski definition) is 1. The Morgan fingerprint density at radius 1 is 1.26 bits per heavy atom. The fourth-order valence-corrected chi connectivity index (χ4v) is 3.86. The Morgan fingerprint density at radius 3 is 2.84 bits per heavy atom. The van der Waals surface area contributed by atoms with Gasteiger partial charge in [-0.1, -0.05) is 6.07 Å². The van der Waals surface area contributed by atoms with E-state index < -0.39 is 17.8 Å². The van der Waals surface area contributed by atoms with Crippen LogP contribution in [0.1, 0.15) is 27.5 Å². The first-order valence-electron chi connectivity index (χ1n) is 9.36. The van der Waals surface area contributed by atoms with Crippen LogP contribution in [0.5, 0.6) is 5.75 Å². The molecule has 31 heavy (non-hydrogen) atoms. The third kappa shape index (κ3) is 3.02. The number of amides is 1. The van der Waals surface area contributed by atoms with Crippen LogP contribution in [0.2, 0.25) is 0 Å². The topological polar surface area (TPSA) is 85.8 Å². The standard InChI is InChI=1S/C21H16F3N5O2/c1-28(17-9-31-18-7-12(21(22,23)24)3-4-13(17)18)19(30)11-2-5-15-14(6-11)16-8-26-10-29(16)20(25)27-15/h2-8,10,17H,9H2,1H3,(H2,25,27). The van der Waals surface area contributed by atoms with Crippen molar-refractivity contribution >= 4 is 28.3 Å². The van der Waals surface area contributed by atoms with Crippen LogP contribution in [-0.2, 0) is 6.18 Å². The number of alkyl halides is 3. The van der Waals surface area contributed by atoms with E-state index in [0.717, 1.165) is 12.1 Å². The highest BCUT2D eigenvalue weighted by Crippen LogP contribution is 2.40. The Balaban J connectivity index is 1.49. The highest BCUT2D eigenvalue weighted by atomic mass is 19.4. The van der Waals surface area contributed by atoms with E-state index in [9.17, 15) is 18.0 Å². The minimum Gasteiger partial charge on any atom is -0.491 e. The predicted molar refractivity (Wildman–Crippen MR) is 107 cm³/mol. The number of hydrogen-bond acceptors (Lipinski definition) is 5. The Kier molecular flexibility index (Phi) is 4.07. The van der Waals surface area contributed by atoms with Crippen molar-refractivity contribution in [3.63, 3.8) is 0 Å². The summed E-state index contributed by atoms with van der Waals surface area (Å²) in [5, 5.41) is 0.712. The van der Waals surface area contributed by atoms with E-state index in [1.54, 1.807) is 42.2 Å². The molecule has 1 aliphatic heterocycles. The molecule has 2 aromatic heterocycles. The van der Waals surface area contributed by atoms with Gasteiger partial charge in [-0.25, -0.2) is 9.97 Å². The van der Waals surface area contributed by atoms with E-state index in [2.05, 4.69) is 9.97 Å². The molecule has 3 heterocycles. The summed E-state index contributed by atoms with van der Waals surface area (Å²) in [6.07, 6.45) is -1.28. The van der Waals surface area contributed by atoms with Gasteiger partial charge in [0.05, 0.1) is 28.8 Å². The SMILES string of the molecule is CN(C(=O)c1ccc2nc(N)n3cncc3c2c1)C1COc2cc(C(F)(F)F)ccc21. The molecule has 1 aliphatic rings. The number of nitrogen functional groups attached to an aromatic ring is 1. The Morgan fingerprint density at radius 2 is 2.06 bits per heavy atom. The third-order valence-electron chi connectivity index (χ3n) is 5.52. The van der Waals surface area contributed by atoms with E-state index in [1.807, 2.05) is 0 Å². The minimum absolute atomic E-state index is 0.0808. The number of rotatable bonds is 2. The minimum atomic E-state index is -4.46. The Labute approximate surface area is 173 Å². The lowest BCUT2D eigenvalue weighted by molar-refractivity contribution is -0.137. The first-order valence-corrected chi connectivity index (χ1v) is 9.36. The summed E-state index contributed by atoms with van der Waals surface area (Å²) < 4.78 is 46.0. The zero-order valence-electron chi connectivity index (χ0n) is 16.2. The number of carbonyl (C=O) groups is 1. The van der Waals surface area contributed by atoms with Gasteiger partial charge in [-0.05, 0) is 30.3 Å². The quantitative estimate of drug-likeness (QED) is 0.527. The maximum atomic E-state index is 13.2. The normalized spacial score (nSPS) is 15.8. The second-order valence-electron chi connectivity index (χ2n) is 7.34. The smallest absolute Gasteiger partial charge is 0.416 e. The Bertz CT molecular complexity index is 1350. The summed E-state index contributed by atoms with van der Waals surface area (Å²) >= 11 is 0. The molecule has 0 saturated heterocycles. The molecular formula is C21H16F3N5O2. The number of nitrogens with zero attached hydrogens (tertiary/aromatic N) is 4. The van der Waals surface area contributed by atoms with Gasteiger partial charge in [-0.2, -0.15) is 13.2 Å². The zero-order valence-corrected chi connectivity index (χ0v) is 16.2. The average molecular weight is 427 g/mol. The summed E-state index contributed by atoms with van der Waals surface area (Å²) in [6.45, 7) is 0.0808. The molecule has 5 rings (SSSR count). The number of carbonyl (C=O) groups excluding carboxylic acids is 1. The fraction of sp³-hybridized carbons (Fsp3) is 0.190. The van der Waals surface area contributed by atoms with Gasteiger partial charge in [0.2, 0.25) is 5.95 Å². The lowest BCUT2D eigenvalue weighted by atomic mass is 10.0. The number of nitrogens with two attached hydrogens (primary N) is 1. The van der Waals surface area contributed by atoms with Crippen LogP contribution in [0.15, 0.2) is 48.9 Å². The molecule has 1 amide bonds. The molecule has 1 unspecified atom stereocenters. The molecule has 4 aromatic rings. The first-order chi connectivity index (χ1) is 14.7. The molecule has 0 bridgehead atoms. The molecule has 1 atom stereocenters. The van der Waals surface area contributed by atoms with E-state index in [0.29, 0.717) is 27.5 Å². The second-order valence-corrected chi connectivity index (χ2v) is 7.34. The summed E-state index contributed by atoms with van der Waals surface area (Å²) in [5.41, 5.74) is 7.43. The van der Waals surface area contributed by atoms with Crippen molar-refractivity contribution in [3.05, 3.63) is 65.6 Å². The first kappa shape index (κ1) is 19.2. The highest BCUT2D eigenvalue weighted by molar-refractivity contribution is 6.02. The maximum Gasteiger partial charge on any atom is 0.416 e. The van der Waals surface area contributed by atoms with Gasteiger partial charge in [0, 0.05) is 23.6 Å². The molecule has 0 saturated carbocycles. The largest absolute Gasteiger partial charge is 0.491 e. The highest BCUT2D eigenvalue weighted by Gasteiger charge is 2.36. The molecule has 0 spiro atoms.